The topological polar surface area (TPSA) is 77.5 Å². The number of rotatable bonds is 6. The van der Waals surface area contributed by atoms with Crippen LogP contribution in [0.25, 0.3) is 0 Å². The molecule has 1 atom stereocenters. The lowest BCUT2D eigenvalue weighted by atomic mass is 10.1. The molecule has 7 heteroatoms. The van der Waals surface area contributed by atoms with Crippen molar-refractivity contribution in [3.63, 3.8) is 0 Å². The summed E-state index contributed by atoms with van der Waals surface area (Å²) in [5.41, 5.74) is 2.34. The highest BCUT2D eigenvalue weighted by Gasteiger charge is 2.19. The SMILES string of the molecule is CCOCc1nc2c(c(NCC3COCCO3)n1)CCNCC2. The van der Waals surface area contributed by atoms with Gasteiger partial charge in [-0.05, 0) is 19.9 Å². The first kappa shape index (κ1) is 16.6. The first-order valence-electron chi connectivity index (χ1n) is 8.47. The third-order valence-corrected chi connectivity index (χ3v) is 4.05. The van der Waals surface area contributed by atoms with Gasteiger partial charge >= 0.3 is 0 Å². The molecule has 1 fully saturated rings. The molecule has 0 saturated carbocycles. The molecule has 23 heavy (non-hydrogen) atoms. The van der Waals surface area contributed by atoms with E-state index in [9.17, 15) is 0 Å². The molecule has 2 N–H and O–H groups in total. The number of hydrogen-bond donors (Lipinski definition) is 2. The van der Waals surface area contributed by atoms with Gasteiger partial charge in [-0.15, -0.1) is 0 Å². The molecule has 0 aromatic carbocycles. The van der Waals surface area contributed by atoms with Crippen LogP contribution in [0.15, 0.2) is 0 Å². The Labute approximate surface area is 137 Å². The molecular weight excluding hydrogens is 296 g/mol. The van der Waals surface area contributed by atoms with Crippen molar-refractivity contribution in [1.29, 1.82) is 0 Å². The Kier molecular flexibility index (Phi) is 6.15. The summed E-state index contributed by atoms with van der Waals surface area (Å²) in [6, 6.07) is 0. The Balaban J connectivity index is 1.74. The van der Waals surface area contributed by atoms with Gasteiger partial charge in [0.2, 0.25) is 0 Å². The number of ether oxygens (including phenoxy) is 3. The predicted octanol–water partition coefficient (Wildman–Crippen LogP) is 0.529. The highest BCUT2D eigenvalue weighted by atomic mass is 16.6. The highest BCUT2D eigenvalue weighted by molar-refractivity contribution is 5.47. The van der Waals surface area contributed by atoms with Crippen LogP contribution in [0.5, 0.6) is 0 Å². The molecule has 3 rings (SSSR count). The van der Waals surface area contributed by atoms with E-state index < -0.39 is 0 Å². The molecule has 128 valence electrons. The molecule has 0 aliphatic carbocycles. The second kappa shape index (κ2) is 8.54. The van der Waals surface area contributed by atoms with E-state index in [1.54, 1.807) is 0 Å². The average molecular weight is 322 g/mol. The Morgan fingerprint density at radius 3 is 3.00 bits per heavy atom. The molecule has 2 aliphatic rings. The number of hydrogen-bond acceptors (Lipinski definition) is 7. The van der Waals surface area contributed by atoms with Gasteiger partial charge in [0.1, 0.15) is 12.4 Å². The molecule has 1 aromatic heterocycles. The number of nitrogens with zero attached hydrogens (tertiary/aromatic N) is 2. The number of nitrogens with one attached hydrogen (secondary N) is 2. The zero-order valence-corrected chi connectivity index (χ0v) is 13.8. The van der Waals surface area contributed by atoms with Crippen molar-refractivity contribution in [2.24, 2.45) is 0 Å². The molecule has 2 aliphatic heterocycles. The normalized spacial score (nSPS) is 21.5. The number of aromatic nitrogens is 2. The fourth-order valence-corrected chi connectivity index (χ4v) is 2.87. The molecule has 1 unspecified atom stereocenters. The summed E-state index contributed by atoms with van der Waals surface area (Å²) >= 11 is 0. The third-order valence-electron chi connectivity index (χ3n) is 4.05. The van der Waals surface area contributed by atoms with Crippen molar-refractivity contribution in [2.45, 2.75) is 32.5 Å². The summed E-state index contributed by atoms with van der Waals surface area (Å²) in [7, 11) is 0. The summed E-state index contributed by atoms with van der Waals surface area (Å²) in [6.45, 7) is 7.69. The molecule has 1 aromatic rings. The minimum Gasteiger partial charge on any atom is -0.376 e. The molecule has 7 nitrogen and oxygen atoms in total. The highest BCUT2D eigenvalue weighted by Crippen LogP contribution is 2.20. The van der Waals surface area contributed by atoms with Gasteiger partial charge in [-0.25, -0.2) is 9.97 Å². The van der Waals surface area contributed by atoms with Crippen molar-refractivity contribution in [3.05, 3.63) is 17.1 Å². The standard InChI is InChI=1S/C16H26N4O3/c1-2-21-11-15-19-14-4-6-17-5-3-13(14)16(20-15)18-9-12-10-22-7-8-23-12/h12,17H,2-11H2,1H3,(H,18,19,20). The molecule has 1 saturated heterocycles. The quantitative estimate of drug-likeness (QED) is 0.791. The van der Waals surface area contributed by atoms with Crippen LogP contribution in [0.3, 0.4) is 0 Å². The van der Waals surface area contributed by atoms with Crippen LogP contribution >= 0.6 is 0 Å². The Morgan fingerprint density at radius 1 is 1.26 bits per heavy atom. The second-order valence-corrected chi connectivity index (χ2v) is 5.75. The van der Waals surface area contributed by atoms with Crippen molar-refractivity contribution >= 4 is 5.82 Å². The summed E-state index contributed by atoms with van der Waals surface area (Å²) in [6.07, 6.45) is 1.94. The maximum Gasteiger partial charge on any atom is 0.156 e. The van der Waals surface area contributed by atoms with Gasteiger partial charge in [0, 0.05) is 31.7 Å². The van der Waals surface area contributed by atoms with Gasteiger partial charge in [0.05, 0.1) is 31.6 Å². The van der Waals surface area contributed by atoms with Crippen molar-refractivity contribution in [1.82, 2.24) is 15.3 Å². The summed E-state index contributed by atoms with van der Waals surface area (Å²) in [5, 5.41) is 6.87. The maximum atomic E-state index is 5.70. The Hall–Kier alpha value is -1.28. The smallest absolute Gasteiger partial charge is 0.156 e. The molecule has 0 radical (unpaired) electrons. The Morgan fingerprint density at radius 2 is 2.17 bits per heavy atom. The molecule has 0 spiro atoms. The van der Waals surface area contributed by atoms with Gasteiger partial charge in [-0.3, -0.25) is 0 Å². The van der Waals surface area contributed by atoms with E-state index in [2.05, 4.69) is 15.6 Å². The molecule has 0 amide bonds. The van der Waals surface area contributed by atoms with E-state index in [1.165, 1.54) is 5.56 Å². The summed E-state index contributed by atoms with van der Waals surface area (Å²) < 4.78 is 16.6. The molecular formula is C16H26N4O3. The minimum atomic E-state index is 0.0774. The van der Waals surface area contributed by atoms with Crippen LogP contribution in [0.1, 0.15) is 24.0 Å². The van der Waals surface area contributed by atoms with E-state index in [1.807, 2.05) is 6.92 Å². The number of anilines is 1. The van der Waals surface area contributed by atoms with Crippen LogP contribution < -0.4 is 10.6 Å². The van der Waals surface area contributed by atoms with E-state index in [-0.39, 0.29) is 6.10 Å². The van der Waals surface area contributed by atoms with E-state index >= 15 is 0 Å². The van der Waals surface area contributed by atoms with Crippen molar-refractivity contribution in [3.8, 4) is 0 Å². The van der Waals surface area contributed by atoms with Gasteiger partial charge < -0.3 is 24.8 Å². The van der Waals surface area contributed by atoms with Crippen LogP contribution in [0, 0.1) is 0 Å². The van der Waals surface area contributed by atoms with Crippen LogP contribution in [-0.2, 0) is 33.7 Å². The third kappa shape index (κ3) is 4.60. The lowest BCUT2D eigenvalue weighted by Gasteiger charge is -2.24. The first-order chi connectivity index (χ1) is 11.4. The largest absolute Gasteiger partial charge is 0.376 e. The molecule has 0 bridgehead atoms. The lowest BCUT2D eigenvalue weighted by molar-refractivity contribution is -0.0819. The summed E-state index contributed by atoms with van der Waals surface area (Å²) in [4.78, 5) is 9.37. The van der Waals surface area contributed by atoms with Gasteiger partial charge in [0.25, 0.3) is 0 Å². The van der Waals surface area contributed by atoms with Gasteiger partial charge in [-0.1, -0.05) is 0 Å². The monoisotopic (exact) mass is 322 g/mol. The minimum absolute atomic E-state index is 0.0774. The average Bonchev–Trinajstić information content (AvgIpc) is 2.84. The van der Waals surface area contributed by atoms with E-state index in [0.29, 0.717) is 39.6 Å². The predicted molar refractivity (Wildman–Crippen MR) is 86.7 cm³/mol. The second-order valence-electron chi connectivity index (χ2n) is 5.75. The van der Waals surface area contributed by atoms with Crippen LogP contribution in [-0.4, -0.2) is 62.1 Å². The van der Waals surface area contributed by atoms with Crippen LogP contribution in [0.2, 0.25) is 0 Å². The van der Waals surface area contributed by atoms with Gasteiger partial charge in [-0.2, -0.15) is 0 Å². The van der Waals surface area contributed by atoms with Crippen LogP contribution in [0.4, 0.5) is 5.82 Å². The van der Waals surface area contributed by atoms with E-state index in [0.717, 1.165) is 43.3 Å². The van der Waals surface area contributed by atoms with E-state index in [4.69, 9.17) is 19.2 Å². The summed E-state index contributed by atoms with van der Waals surface area (Å²) in [5.74, 6) is 1.67. The first-order valence-corrected chi connectivity index (χ1v) is 8.47. The fourth-order valence-electron chi connectivity index (χ4n) is 2.87. The molecule has 3 heterocycles. The fraction of sp³-hybridized carbons (Fsp3) is 0.750. The number of fused-ring (bicyclic) bond motifs is 1. The zero-order chi connectivity index (χ0) is 15.9. The van der Waals surface area contributed by atoms with Crippen molar-refractivity contribution in [2.75, 3.05) is 51.4 Å². The lowest BCUT2D eigenvalue weighted by Crippen LogP contribution is -2.34. The van der Waals surface area contributed by atoms with Crippen molar-refractivity contribution < 1.29 is 14.2 Å². The zero-order valence-electron chi connectivity index (χ0n) is 13.8. The van der Waals surface area contributed by atoms with Gasteiger partial charge in [0.15, 0.2) is 5.82 Å². The maximum absolute atomic E-state index is 5.70. The Bertz CT molecular complexity index is 506.